The van der Waals surface area contributed by atoms with E-state index in [1.807, 2.05) is 4.68 Å². The smallest absolute Gasteiger partial charge is 0.219 e. The molecule has 0 radical (unpaired) electrons. The Bertz CT molecular complexity index is 585. The van der Waals surface area contributed by atoms with Gasteiger partial charge in [-0.2, -0.15) is 5.10 Å². The highest BCUT2D eigenvalue weighted by molar-refractivity contribution is 5.43. The Labute approximate surface area is 126 Å². The van der Waals surface area contributed by atoms with E-state index in [-0.39, 0.29) is 0 Å². The number of nitrogens with two attached hydrogens (primary N) is 1. The minimum absolute atomic E-state index is 0.360. The van der Waals surface area contributed by atoms with Gasteiger partial charge >= 0.3 is 0 Å². The largest absolute Gasteiger partial charge is 0.481 e. The molecule has 1 heterocycles. The number of rotatable bonds is 6. The quantitative estimate of drug-likeness (QED) is 0.887. The highest BCUT2D eigenvalue weighted by Crippen LogP contribution is 2.31. The van der Waals surface area contributed by atoms with Crippen molar-refractivity contribution in [2.75, 3.05) is 13.7 Å². The molecule has 0 aliphatic carbocycles. The molecular weight excluding hydrogens is 262 g/mol. The van der Waals surface area contributed by atoms with Crippen molar-refractivity contribution >= 4 is 0 Å². The SMILES string of the molecule is COc1c(CCCN)c(C(C)C)nn1-c1ccc(C)cc1. The first kappa shape index (κ1) is 15.6. The fourth-order valence-corrected chi connectivity index (χ4v) is 2.50. The lowest BCUT2D eigenvalue weighted by Gasteiger charge is -2.08. The normalized spacial score (nSPS) is 11.1. The van der Waals surface area contributed by atoms with Gasteiger partial charge in [0.25, 0.3) is 0 Å². The molecule has 2 aromatic rings. The van der Waals surface area contributed by atoms with Crippen molar-refractivity contribution in [3.8, 4) is 11.6 Å². The van der Waals surface area contributed by atoms with E-state index in [1.165, 1.54) is 11.1 Å². The molecule has 0 bridgehead atoms. The van der Waals surface area contributed by atoms with Gasteiger partial charge in [-0.1, -0.05) is 31.5 Å². The minimum atomic E-state index is 0.360. The van der Waals surface area contributed by atoms with Crippen molar-refractivity contribution < 1.29 is 4.74 Å². The van der Waals surface area contributed by atoms with E-state index < -0.39 is 0 Å². The Morgan fingerprint density at radius 1 is 1.24 bits per heavy atom. The van der Waals surface area contributed by atoms with Crippen LogP contribution in [0.2, 0.25) is 0 Å². The van der Waals surface area contributed by atoms with Crippen LogP contribution in [0.15, 0.2) is 24.3 Å². The third-order valence-electron chi connectivity index (χ3n) is 3.62. The summed E-state index contributed by atoms with van der Waals surface area (Å²) in [4.78, 5) is 0. The molecule has 2 rings (SSSR count). The highest BCUT2D eigenvalue weighted by atomic mass is 16.5. The molecule has 21 heavy (non-hydrogen) atoms. The molecule has 0 aliphatic heterocycles. The molecule has 0 saturated heterocycles. The Balaban J connectivity index is 2.52. The van der Waals surface area contributed by atoms with E-state index in [4.69, 9.17) is 15.6 Å². The van der Waals surface area contributed by atoms with Crippen LogP contribution in [0.25, 0.3) is 5.69 Å². The maximum atomic E-state index is 5.66. The molecule has 0 unspecified atom stereocenters. The van der Waals surface area contributed by atoms with Crippen LogP contribution in [0.3, 0.4) is 0 Å². The van der Waals surface area contributed by atoms with Crippen LogP contribution >= 0.6 is 0 Å². The second kappa shape index (κ2) is 6.76. The number of hydrogen-bond acceptors (Lipinski definition) is 3. The van der Waals surface area contributed by atoms with Crippen LogP contribution in [0.5, 0.6) is 5.88 Å². The monoisotopic (exact) mass is 287 g/mol. The number of benzene rings is 1. The van der Waals surface area contributed by atoms with Crippen LogP contribution in [0.4, 0.5) is 0 Å². The summed E-state index contributed by atoms with van der Waals surface area (Å²) in [5, 5.41) is 4.78. The molecule has 0 amide bonds. The van der Waals surface area contributed by atoms with Crippen molar-refractivity contribution in [2.24, 2.45) is 5.73 Å². The van der Waals surface area contributed by atoms with Crippen molar-refractivity contribution in [3.05, 3.63) is 41.1 Å². The van der Waals surface area contributed by atoms with Crippen LogP contribution in [0.1, 0.15) is 43.0 Å². The molecule has 1 aromatic carbocycles. The summed E-state index contributed by atoms with van der Waals surface area (Å²) in [6.07, 6.45) is 1.84. The predicted molar refractivity (Wildman–Crippen MR) is 86.3 cm³/mol. The molecule has 0 spiro atoms. The van der Waals surface area contributed by atoms with Gasteiger partial charge in [-0.05, 0) is 44.4 Å². The summed E-state index contributed by atoms with van der Waals surface area (Å²) in [7, 11) is 1.71. The summed E-state index contributed by atoms with van der Waals surface area (Å²) in [6, 6.07) is 8.32. The maximum absolute atomic E-state index is 5.66. The Hall–Kier alpha value is -1.81. The van der Waals surface area contributed by atoms with Gasteiger partial charge in [-0.25, -0.2) is 4.68 Å². The number of nitrogens with zero attached hydrogens (tertiary/aromatic N) is 2. The molecule has 4 heteroatoms. The van der Waals surface area contributed by atoms with Gasteiger partial charge in [0.05, 0.1) is 18.5 Å². The first-order chi connectivity index (χ1) is 10.1. The second-order valence-corrected chi connectivity index (χ2v) is 5.67. The minimum Gasteiger partial charge on any atom is -0.481 e. The van der Waals surface area contributed by atoms with Crippen LogP contribution in [0, 0.1) is 6.92 Å². The number of aryl methyl sites for hydroxylation is 1. The van der Waals surface area contributed by atoms with Crippen molar-refractivity contribution in [2.45, 2.75) is 39.5 Å². The summed E-state index contributed by atoms with van der Waals surface area (Å²) in [5.41, 5.74) is 10.2. The maximum Gasteiger partial charge on any atom is 0.219 e. The number of ether oxygens (including phenoxy) is 1. The molecule has 0 aliphatic rings. The van der Waals surface area contributed by atoms with E-state index in [1.54, 1.807) is 7.11 Å². The summed E-state index contributed by atoms with van der Waals surface area (Å²) < 4.78 is 7.55. The standard InChI is InChI=1S/C17H25N3O/c1-12(2)16-15(6-5-11-18)17(21-4)20(19-16)14-9-7-13(3)8-10-14/h7-10,12H,5-6,11,18H2,1-4H3. The Morgan fingerprint density at radius 2 is 1.90 bits per heavy atom. The summed E-state index contributed by atoms with van der Waals surface area (Å²) in [5.74, 6) is 1.19. The molecule has 114 valence electrons. The molecule has 4 nitrogen and oxygen atoms in total. The van der Waals surface area contributed by atoms with Crippen molar-refractivity contribution in [1.29, 1.82) is 0 Å². The first-order valence-electron chi connectivity index (χ1n) is 7.51. The predicted octanol–water partition coefficient (Wildman–Crippen LogP) is 3.20. The van der Waals surface area contributed by atoms with E-state index in [0.29, 0.717) is 12.5 Å². The third-order valence-corrected chi connectivity index (χ3v) is 3.62. The zero-order chi connectivity index (χ0) is 15.4. The molecular formula is C17H25N3O. The number of aromatic nitrogens is 2. The summed E-state index contributed by atoms with van der Waals surface area (Å²) >= 11 is 0. The van der Waals surface area contributed by atoms with E-state index >= 15 is 0 Å². The third kappa shape index (κ3) is 3.27. The lowest BCUT2D eigenvalue weighted by Crippen LogP contribution is -2.03. The van der Waals surface area contributed by atoms with E-state index in [0.717, 1.165) is 30.1 Å². The average Bonchev–Trinajstić information content (AvgIpc) is 2.84. The zero-order valence-corrected chi connectivity index (χ0v) is 13.4. The second-order valence-electron chi connectivity index (χ2n) is 5.67. The van der Waals surface area contributed by atoms with Gasteiger partial charge in [0.15, 0.2) is 0 Å². The summed E-state index contributed by atoms with van der Waals surface area (Å²) in [6.45, 7) is 7.08. The number of methoxy groups -OCH3 is 1. The lowest BCUT2D eigenvalue weighted by molar-refractivity contribution is 0.379. The fraction of sp³-hybridized carbons (Fsp3) is 0.471. The van der Waals surface area contributed by atoms with Crippen LogP contribution < -0.4 is 10.5 Å². The molecule has 0 atom stereocenters. The first-order valence-corrected chi connectivity index (χ1v) is 7.51. The van der Waals surface area contributed by atoms with Crippen molar-refractivity contribution in [3.63, 3.8) is 0 Å². The van der Waals surface area contributed by atoms with Gasteiger partial charge in [-0.15, -0.1) is 0 Å². The zero-order valence-electron chi connectivity index (χ0n) is 13.4. The van der Waals surface area contributed by atoms with Gasteiger partial charge in [0, 0.05) is 5.56 Å². The van der Waals surface area contributed by atoms with E-state index in [2.05, 4.69) is 45.0 Å². The van der Waals surface area contributed by atoms with Crippen LogP contribution in [-0.2, 0) is 6.42 Å². The van der Waals surface area contributed by atoms with Gasteiger partial charge in [0.1, 0.15) is 0 Å². The molecule has 2 N–H and O–H groups in total. The molecule has 0 saturated carbocycles. The van der Waals surface area contributed by atoms with Crippen LogP contribution in [-0.4, -0.2) is 23.4 Å². The molecule has 0 fully saturated rings. The molecule has 1 aromatic heterocycles. The fourth-order valence-electron chi connectivity index (χ4n) is 2.50. The highest BCUT2D eigenvalue weighted by Gasteiger charge is 2.21. The number of hydrogen-bond donors (Lipinski definition) is 1. The average molecular weight is 287 g/mol. The Morgan fingerprint density at radius 3 is 2.43 bits per heavy atom. The Kier molecular flexibility index (Phi) is 5.02. The van der Waals surface area contributed by atoms with E-state index in [9.17, 15) is 0 Å². The lowest BCUT2D eigenvalue weighted by atomic mass is 10.0. The van der Waals surface area contributed by atoms with Gasteiger partial charge in [0.2, 0.25) is 5.88 Å². The van der Waals surface area contributed by atoms with Gasteiger partial charge in [-0.3, -0.25) is 0 Å². The van der Waals surface area contributed by atoms with Gasteiger partial charge < -0.3 is 10.5 Å². The van der Waals surface area contributed by atoms with Crippen molar-refractivity contribution in [1.82, 2.24) is 9.78 Å². The topological polar surface area (TPSA) is 53.1 Å².